The van der Waals surface area contributed by atoms with Gasteiger partial charge >= 0.3 is 12.0 Å². The highest BCUT2D eigenvalue weighted by Gasteiger charge is 2.16. The number of nitrogens with one attached hydrogen (secondary N) is 2. The molecule has 3 N–H and O–H groups in total. The van der Waals surface area contributed by atoms with Gasteiger partial charge in [0.1, 0.15) is 6.04 Å². The van der Waals surface area contributed by atoms with Gasteiger partial charge < -0.3 is 15.7 Å². The Bertz CT molecular complexity index is 381. The molecule has 1 atom stereocenters. The fourth-order valence-corrected chi connectivity index (χ4v) is 1.23. The third kappa shape index (κ3) is 4.50. The van der Waals surface area contributed by atoms with E-state index >= 15 is 0 Å². The zero-order chi connectivity index (χ0) is 12.7. The molecular weight excluding hydrogens is 222 g/mol. The Kier molecular flexibility index (Phi) is 4.93. The number of carbonyl (C=O) groups is 2. The van der Waals surface area contributed by atoms with Gasteiger partial charge in [-0.05, 0) is 24.1 Å². The first-order chi connectivity index (χ1) is 8.13. The molecule has 1 heterocycles. The summed E-state index contributed by atoms with van der Waals surface area (Å²) in [5.41, 5.74) is 0.901. The molecule has 0 aromatic carbocycles. The number of aliphatic carboxylic acids is 1. The largest absolute Gasteiger partial charge is 0.480 e. The van der Waals surface area contributed by atoms with Crippen molar-refractivity contribution < 1.29 is 14.7 Å². The van der Waals surface area contributed by atoms with Crippen molar-refractivity contribution in [3.05, 3.63) is 30.1 Å². The molecule has 0 saturated carbocycles. The average molecular weight is 237 g/mol. The number of rotatable bonds is 5. The van der Waals surface area contributed by atoms with Crippen molar-refractivity contribution >= 4 is 12.0 Å². The standard InChI is InChI=1S/C11H15N3O3/c1-2-9(10(15)16)14-11(17)13-7-8-3-5-12-6-4-8/h3-6,9H,2,7H2,1H3,(H,15,16)(H2,13,14,17)/t9-/m0/s1. The summed E-state index contributed by atoms with van der Waals surface area (Å²) in [6.07, 6.45) is 3.60. The van der Waals surface area contributed by atoms with Crippen LogP contribution < -0.4 is 10.6 Å². The van der Waals surface area contributed by atoms with E-state index in [1.807, 2.05) is 0 Å². The van der Waals surface area contributed by atoms with E-state index in [1.54, 1.807) is 31.5 Å². The zero-order valence-electron chi connectivity index (χ0n) is 9.51. The second-order valence-electron chi connectivity index (χ2n) is 3.48. The van der Waals surface area contributed by atoms with Crippen LogP contribution in [-0.2, 0) is 11.3 Å². The molecule has 0 saturated heterocycles. The van der Waals surface area contributed by atoms with Gasteiger partial charge in [-0.2, -0.15) is 0 Å². The lowest BCUT2D eigenvalue weighted by Gasteiger charge is -2.13. The summed E-state index contributed by atoms with van der Waals surface area (Å²) in [4.78, 5) is 25.9. The highest BCUT2D eigenvalue weighted by atomic mass is 16.4. The van der Waals surface area contributed by atoms with Crippen LogP contribution in [0.1, 0.15) is 18.9 Å². The van der Waals surface area contributed by atoms with Crippen LogP contribution >= 0.6 is 0 Å². The maximum atomic E-state index is 11.4. The Balaban J connectivity index is 2.37. The minimum absolute atomic E-state index is 0.338. The predicted molar refractivity (Wildman–Crippen MR) is 61.3 cm³/mol. The van der Waals surface area contributed by atoms with Gasteiger partial charge in [0.25, 0.3) is 0 Å². The van der Waals surface area contributed by atoms with E-state index < -0.39 is 18.0 Å². The Morgan fingerprint density at radius 3 is 2.59 bits per heavy atom. The molecule has 0 radical (unpaired) electrons. The fourth-order valence-electron chi connectivity index (χ4n) is 1.23. The van der Waals surface area contributed by atoms with Crippen molar-refractivity contribution in [1.82, 2.24) is 15.6 Å². The van der Waals surface area contributed by atoms with Gasteiger partial charge in [-0.25, -0.2) is 9.59 Å². The summed E-state index contributed by atoms with van der Waals surface area (Å²) in [7, 11) is 0. The van der Waals surface area contributed by atoms with Gasteiger partial charge in [-0.15, -0.1) is 0 Å². The molecule has 1 rings (SSSR count). The summed E-state index contributed by atoms with van der Waals surface area (Å²) in [6, 6.07) is 2.20. The van der Waals surface area contributed by atoms with Gasteiger partial charge in [-0.3, -0.25) is 4.98 Å². The summed E-state index contributed by atoms with van der Waals surface area (Å²) >= 11 is 0. The van der Waals surface area contributed by atoms with Gasteiger partial charge in [0.2, 0.25) is 0 Å². The lowest BCUT2D eigenvalue weighted by Crippen LogP contribution is -2.45. The quantitative estimate of drug-likeness (QED) is 0.704. The normalized spacial score (nSPS) is 11.6. The van der Waals surface area contributed by atoms with Crippen LogP contribution in [0.25, 0.3) is 0 Å². The van der Waals surface area contributed by atoms with Crippen molar-refractivity contribution in [2.75, 3.05) is 0 Å². The molecule has 6 nitrogen and oxygen atoms in total. The molecule has 1 aromatic rings. The van der Waals surface area contributed by atoms with Gasteiger partial charge in [0.15, 0.2) is 0 Å². The van der Waals surface area contributed by atoms with E-state index in [-0.39, 0.29) is 0 Å². The molecule has 0 spiro atoms. The topological polar surface area (TPSA) is 91.3 Å². The predicted octanol–water partition coefficient (Wildman–Crippen LogP) is 0.744. The Morgan fingerprint density at radius 1 is 1.41 bits per heavy atom. The number of urea groups is 1. The number of hydrogen-bond acceptors (Lipinski definition) is 3. The smallest absolute Gasteiger partial charge is 0.326 e. The number of aromatic nitrogens is 1. The highest BCUT2D eigenvalue weighted by Crippen LogP contribution is 1.95. The summed E-state index contributed by atoms with van der Waals surface area (Å²) in [5.74, 6) is -1.04. The molecule has 2 amide bonds. The lowest BCUT2D eigenvalue weighted by molar-refractivity contribution is -0.139. The highest BCUT2D eigenvalue weighted by molar-refractivity contribution is 5.82. The number of amides is 2. The van der Waals surface area contributed by atoms with E-state index in [0.29, 0.717) is 13.0 Å². The minimum Gasteiger partial charge on any atom is -0.480 e. The van der Waals surface area contributed by atoms with E-state index in [1.165, 1.54) is 0 Å². The Labute approximate surface area is 99.1 Å². The van der Waals surface area contributed by atoms with Gasteiger partial charge in [0, 0.05) is 18.9 Å². The summed E-state index contributed by atoms with van der Waals surface area (Å²) in [5, 5.41) is 13.7. The van der Waals surface area contributed by atoms with Crippen molar-refractivity contribution in [3.8, 4) is 0 Å². The third-order valence-corrected chi connectivity index (χ3v) is 2.21. The molecule has 0 bridgehead atoms. The van der Waals surface area contributed by atoms with Crippen LogP contribution in [0.2, 0.25) is 0 Å². The van der Waals surface area contributed by atoms with Gasteiger partial charge in [-0.1, -0.05) is 6.92 Å². The molecular formula is C11H15N3O3. The molecule has 17 heavy (non-hydrogen) atoms. The second-order valence-corrected chi connectivity index (χ2v) is 3.48. The Morgan fingerprint density at radius 2 is 2.06 bits per heavy atom. The molecule has 92 valence electrons. The van der Waals surface area contributed by atoms with E-state index in [0.717, 1.165) is 5.56 Å². The van der Waals surface area contributed by atoms with Crippen molar-refractivity contribution in [2.45, 2.75) is 25.9 Å². The minimum atomic E-state index is -1.04. The first-order valence-corrected chi connectivity index (χ1v) is 5.29. The maximum absolute atomic E-state index is 11.4. The molecule has 6 heteroatoms. The maximum Gasteiger partial charge on any atom is 0.326 e. The monoisotopic (exact) mass is 237 g/mol. The van der Waals surface area contributed by atoms with Gasteiger partial charge in [0.05, 0.1) is 0 Å². The van der Waals surface area contributed by atoms with Crippen LogP contribution in [0, 0.1) is 0 Å². The first kappa shape index (κ1) is 13.0. The number of nitrogens with zero attached hydrogens (tertiary/aromatic N) is 1. The summed E-state index contributed by atoms with van der Waals surface area (Å²) in [6.45, 7) is 2.03. The molecule has 0 aliphatic carbocycles. The van der Waals surface area contributed by atoms with E-state index in [2.05, 4.69) is 15.6 Å². The number of pyridine rings is 1. The fraction of sp³-hybridized carbons (Fsp3) is 0.364. The van der Waals surface area contributed by atoms with Crippen molar-refractivity contribution in [3.63, 3.8) is 0 Å². The van der Waals surface area contributed by atoms with Crippen LogP contribution in [0.5, 0.6) is 0 Å². The molecule has 0 aliphatic heterocycles. The lowest BCUT2D eigenvalue weighted by atomic mass is 10.2. The zero-order valence-corrected chi connectivity index (χ0v) is 9.51. The molecule has 0 unspecified atom stereocenters. The SMILES string of the molecule is CC[C@H](NC(=O)NCc1ccncc1)C(=O)O. The second kappa shape index (κ2) is 6.47. The van der Waals surface area contributed by atoms with Crippen LogP contribution in [-0.4, -0.2) is 28.1 Å². The van der Waals surface area contributed by atoms with Crippen molar-refractivity contribution in [2.24, 2.45) is 0 Å². The third-order valence-electron chi connectivity index (χ3n) is 2.21. The van der Waals surface area contributed by atoms with E-state index in [4.69, 9.17) is 5.11 Å². The number of carboxylic acid groups (broad SMARTS) is 1. The van der Waals surface area contributed by atoms with Crippen LogP contribution in [0.3, 0.4) is 0 Å². The number of carboxylic acids is 1. The molecule has 0 fully saturated rings. The summed E-state index contributed by atoms with van der Waals surface area (Å²) < 4.78 is 0. The Hall–Kier alpha value is -2.11. The van der Waals surface area contributed by atoms with Crippen LogP contribution in [0.15, 0.2) is 24.5 Å². The molecule has 1 aromatic heterocycles. The number of carbonyl (C=O) groups excluding carboxylic acids is 1. The van der Waals surface area contributed by atoms with Crippen LogP contribution in [0.4, 0.5) is 4.79 Å². The molecule has 0 aliphatic rings. The average Bonchev–Trinajstić information content (AvgIpc) is 2.34. The van der Waals surface area contributed by atoms with Crippen molar-refractivity contribution in [1.29, 1.82) is 0 Å². The number of hydrogen-bond donors (Lipinski definition) is 3. The first-order valence-electron chi connectivity index (χ1n) is 5.29. The van der Waals surface area contributed by atoms with E-state index in [9.17, 15) is 9.59 Å².